The van der Waals surface area contributed by atoms with Crippen LogP contribution >= 0.6 is 0 Å². The highest BCUT2D eigenvalue weighted by Crippen LogP contribution is 2.08. The van der Waals surface area contributed by atoms with Crippen molar-refractivity contribution in [1.29, 1.82) is 0 Å². The second-order valence-corrected chi connectivity index (χ2v) is 2.40. The van der Waals surface area contributed by atoms with E-state index >= 15 is 0 Å². The van der Waals surface area contributed by atoms with E-state index in [0.29, 0.717) is 6.54 Å². The van der Waals surface area contributed by atoms with Crippen LogP contribution in [0, 0.1) is 5.92 Å². The van der Waals surface area contributed by atoms with Crippen molar-refractivity contribution in [3.05, 3.63) is 0 Å². The quantitative estimate of drug-likeness (QED) is 0.600. The lowest BCUT2D eigenvalue weighted by atomic mass is 10.00. The third kappa shape index (κ3) is 3.45. The fourth-order valence-electron chi connectivity index (χ4n) is 0.896. The SMILES string of the molecule is CCC(CCC[NH])C(N)=O. The molecule has 0 rings (SSSR count). The van der Waals surface area contributed by atoms with E-state index in [0.717, 1.165) is 19.3 Å². The maximum absolute atomic E-state index is 10.6. The average Bonchev–Trinajstić information content (AvgIpc) is 1.89. The molecule has 0 aromatic rings. The predicted molar refractivity (Wildman–Crippen MR) is 40.2 cm³/mol. The average molecular weight is 143 g/mol. The minimum atomic E-state index is -0.226. The van der Waals surface area contributed by atoms with Gasteiger partial charge in [-0.05, 0) is 19.3 Å². The molecule has 0 aromatic heterocycles. The third-order valence-electron chi connectivity index (χ3n) is 1.62. The van der Waals surface area contributed by atoms with Gasteiger partial charge in [-0.3, -0.25) is 10.5 Å². The molecule has 0 saturated carbocycles. The first-order valence-corrected chi connectivity index (χ1v) is 3.66. The van der Waals surface area contributed by atoms with Crippen LogP contribution in [0.15, 0.2) is 0 Å². The number of primary amides is 1. The summed E-state index contributed by atoms with van der Waals surface area (Å²) in [5, 5.41) is 0. The van der Waals surface area contributed by atoms with Crippen LogP contribution in [-0.4, -0.2) is 12.5 Å². The van der Waals surface area contributed by atoms with Gasteiger partial charge in [-0.2, -0.15) is 0 Å². The number of nitrogens with one attached hydrogen (secondary N) is 1. The molecule has 1 radical (unpaired) electrons. The van der Waals surface area contributed by atoms with Gasteiger partial charge in [-0.1, -0.05) is 6.92 Å². The topological polar surface area (TPSA) is 66.9 Å². The van der Waals surface area contributed by atoms with E-state index < -0.39 is 0 Å². The summed E-state index contributed by atoms with van der Waals surface area (Å²) in [5.41, 5.74) is 11.9. The van der Waals surface area contributed by atoms with Gasteiger partial charge >= 0.3 is 0 Å². The molecule has 0 fully saturated rings. The number of carbonyl (C=O) groups is 1. The minimum absolute atomic E-state index is 0.00894. The molecule has 0 aliphatic rings. The number of carbonyl (C=O) groups excluding carboxylic acids is 1. The second-order valence-electron chi connectivity index (χ2n) is 2.40. The first-order chi connectivity index (χ1) is 4.72. The standard InChI is InChI=1S/C7H15N2O/c1-2-6(7(9)10)4-3-5-8/h6,8H,2-5H2,1H3,(H2,9,10). The number of hydrogen-bond acceptors (Lipinski definition) is 1. The van der Waals surface area contributed by atoms with Gasteiger partial charge in [0.2, 0.25) is 5.91 Å². The molecule has 0 aromatic carbocycles. The molecule has 0 heterocycles. The molecule has 3 nitrogen and oxygen atoms in total. The molecule has 0 aliphatic heterocycles. The Morgan fingerprint density at radius 3 is 2.60 bits per heavy atom. The highest BCUT2D eigenvalue weighted by Gasteiger charge is 2.10. The fourth-order valence-corrected chi connectivity index (χ4v) is 0.896. The Morgan fingerprint density at radius 1 is 1.70 bits per heavy atom. The summed E-state index contributed by atoms with van der Waals surface area (Å²) >= 11 is 0. The molecule has 0 bridgehead atoms. The number of nitrogens with two attached hydrogens (primary N) is 1. The second kappa shape index (κ2) is 5.23. The molecule has 0 saturated heterocycles. The molecule has 1 unspecified atom stereocenters. The van der Waals surface area contributed by atoms with Crippen LogP contribution in [-0.2, 0) is 4.79 Å². The molecule has 3 N–H and O–H groups in total. The van der Waals surface area contributed by atoms with Crippen LogP contribution in [0.2, 0.25) is 0 Å². The minimum Gasteiger partial charge on any atom is -0.369 e. The van der Waals surface area contributed by atoms with E-state index in [-0.39, 0.29) is 11.8 Å². The summed E-state index contributed by atoms with van der Waals surface area (Å²) in [7, 11) is 0. The molecule has 1 atom stereocenters. The van der Waals surface area contributed by atoms with E-state index in [4.69, 9.17) is 11.5 Å². The van der Waals surface area contributed by atoms with Gasteiger partial charge in [-0.25, -0.2) is 0 Å². The zero-order chi connectivity index (χ0) is 7.98. The molecule has 10 heavy (non-hydrogen) atoms. The largest absolute Gasteiger partial charge is 0.369 e. The third-order valence-corrected chi connectivity index (χ3v) is 1.62. The Hall–Kier alpha value is -0.570. The van der Waals surface area contributed by atoms with Gasteiger partial charge in [0.1, 0.15) is 0 Å². The predicted octanol–water partition coefficient (Wildman–Crippen LogP) is 0.561. The Kier molecular flexibility index (Phi) is 4.94. The van der Waals surface area contributed by atoms with E-state index in [2.05, 4.69) is 0 Å². The molecule has 59 valence electrons. The summed E-state index contributed by atoms with van der Waals surface area (Å²) < 4.78 is 0. The summed E-state index contributed by atoms with van der Waals surface area (Å²) in [6, 6.07) is 0. The molecule has 3 heteroatoms. The zero-order valence-corrected chi connectivity index (χ0v) is 6.39. The maximum Gasteiger partial charge on any atom is 0.220 e. The summed E-state index contributed by atoms with van der Waals surface area (Å²) in [6.07, 6.45) is 2.35. The van der Waals surface area contributed by atoms with Crippen LogP contribution in [0.4, 0.5) is 0 Å². The number of amides is 1. The number of hydrogen-bond donors (Lipinski definition) is 1. The molecular formula is C7H15N2O. The summed E-state index contributed by atoms with van der Waals surface area (Å²) in [5.74, 6) is -0.235. The van der Waals surface area contributed by atoms with Crippen LogP contribution in [0.5, 0.6) is 0 Å². The smallest absolute Gasteiger partial charge is 0.220 e. The van der Waals surface area contributed by atoms with Crippen molar-refractivity contribution in [3.63, 3.8) is 0 Å². The van der Waals surface area contributed by atoms with Crippen LogP contribution in [0.3, 0.4) is 0 Å². The monoisotopic (exact) mass is 143 g/mol. The zero-order valence-electron chi connectivity index (χ0n) is 6.39. The van der Waals surface area contributed by atoms with Crippen molar-refractivity contribution in [2.24, 2.45) is 11.7 Å². The molecule has 1 amide bonds. The van der Waals surface area contributed by atoms with Crippen LogP contribution < -0.4 is 11.5 Å². The first-order valence-electron chi connectivity index (χ1n) is 3.66. The van der Waals surface area contributed by atoms with Crippen molar-refractivity contribution in [3.8, 4) is 0 Å². The lowest BCUT2D eigenvalue weighted by Crippen LogP contribution is -2.22. The van der Waals surface area contributed by atoms with E-state index in [1.807, 2.05) is 6.92 Å². The van der Waals surface area contributed by atoms with Gasteiger partial charge in [0, 0.05) is 12.5 Å². The number of rotatable bonds is 5. The highest BCUT2D eigenvalue weighted by molar-refractivity contribution is 5.76. The van der Waals surface area contributed by atoms with E-state index in [1.165, 1.54) is 0 Å². The lowest BCUT2D eigenvalue weighted by Gasteiger charge is -2.07. The van der Waals surface area contributed by atoms with Crippen molar-refractivity contribution in [2.45, 2.75) is 26.2 Å². The Balaban J connectivity index is 3.50. The van der Waals surface area contributed by atoms with Crippen molar-refractivity contribution in [1.82, 2.24) is 5.73 Å². The highest BCUT2D eigenvalue weighted by atomic mass is 16.1. The van der Waals surface area contributed by atoms with E-state index in [1.54, 1.807) is 0 Å². The van der Waals surface area contributed by atoms with Crippen molar-refractivity contribution in [2.75, 3.05) is 6.54 Å². The summed E-state index contributed by atoms with van der Waals surface area (Å²) in [6.45, 7) is 2.34. The van der Waals surface area contributed by atoms with Gasteiger partial charge in [0.05, 0.1) is 0 Å². The first kappa shape index (κ1) is 9.43. The van der Waals surface area contributed by atoms with Gasteiger partial charge in [0.15, 0.2) is 0 Å². The molecular weight excluding hydrogens is 128 g/mol. The van der Waals surface area contributed by atoms with Gasteiger partial charge in [-0.15, -0.1) is 0 Å². The Bertz CT molecular complexity index is 104. The van der Waals surface area contributed by atoms with Gasteiger partial charge < -0.3 is 5.73 Å². The van der Waals surface area contributed by atoms with Crippen molar-refractivity contribution >= 4 is 5.91 Å². The Morgan fingerprint density at radius 2 is 2.30 bits per heavy atom. The maximum atomic E-state index is 10.6. The van der Waals surface area contributed by atoms with Crippen molar-refractivity contribution < 1.29 is 4.79 Å². The van der Waals surface area contributed by atoms with Crippen LogP contribution in [0.25, 0.3) is 0 Å². The van der Waals surface area contributed by atoms with Gasteiger partial charge in [0.25, 0.3) is 0 Å². The molecule has 0 aliphatic carbocycles. The lowest BCUT2D eigenvalue weighted by molar-refractivity contribution is -0.122. The fraction of sp³-hybridized carbons (Fsp3) is 0.857. The summed E-state index contributed by atoms with van der Waals surface area (Å²) in [4.78, 5) is 10.6. The molecule has 0 spiro atoms. The van der Waals surface area contributed by atoms with Crippen LogP contribution in [0.1, 0.15) is 26.2 Å². The normalized spacial score (nSPS) is 13.0. The van der Waals surface area contributed by atoms with E-state index in [9.17, 15) is 4.79 Å². The Labute approximate surface area is 61.8 Å².